The molecule has 1 aromatic carbocycles. The molecule has 0 bridgehead atoms. The van der Waals surface area contributed by atoms with E-state index < -0.39 is 0 Å². The second-order valence-electron chi connectivity index (χ2n) is 4.53. The maximum Gasteiger partial charge on any atom is 0.124 e. The van der Waals surface area contributed by atoms with E-state index in [9.17, 15) is 0 Å². The summed E-state index contributed by atoms with van der Waals surface area (Å²) in [5.74, 6) is 0.935. The lowest BCUT2D eigenvalue weighted by Gasteiger charge is -2.22. The van der Waals surface area contributed by atoms with Gasteiger partial charge in [-0.25, -0.2) is 0 Å². The van der Waals surface area contributed by atoms with E-state index in [4.69, 9.17) is 4.74 Å². The van der Waals surface area contributed by atoms with Gasteiger partial charge >= 0.3 is 0 Å². The van der Waals surface area contributed by atoms with Gasteiger partial charge < -0.3 is 10.1 Å². The van der Waals surface area contributed by atoms with Crippen LogP contribution in [0.1, 0.15) is 38.1 Å². The second kappa shape index (κ2) is 7.10. The van der Waals surface area contributed by atoms with Crippen LogP contribution in [0.15, 0.2) is 36.5 Å². The van der Waals surface area contributed by atoms with Crippen LogP contribution in [0.5, 0.6) is 5.75 Å². The third kappa shape index (κ3) is 3.02. The van der Waals surface area contributed by atoms with Crippen LogP contribution >= 0.6 is 0 Å². The van der Waals surface area contributed by atoms with Crippen molar-refractivity contribution in [3.63, 3.8) is 0 Å². The van der Waals surface area contributed by atoms with Crippen LogP contribution in [-0.2, 0) is 6.54 Å². The molecule has 0 aliphatic heterocycles. The lowest BCUT2D eigenvalue weighted by Crippen LogP contribution is -2.25. The van der Waals surface area contributed by atoms with Gasteiger partial charge in [0.05, 0.1) is 18.3 Å². The number of hydrogen-bond acceptors (Lipinski definition) is 3. The topological polar surface area (TPSA) is 39.1 Å². The minimum atomic E-state index is 0.102. The first kappa shape index (κ1) is 14.6. The molecule has 0 aliphatic rings. The summed E-state index contributed by atoms with van der Waals surface area (Å²) in [7, 11) is 0. The summed E-state index contributed by atoms with van der Waals surface area (Å²) >= 11 is 0. The minimum Gasteiger partial charge on any atom is -0.494 e. The normalized spacial score (nSPS) is 12.3. The van der Waals surface area contributed by atoms with Crippen molar-refractivity contribution in [3.05, 3.63) is 47.8 Å². The van der Waals surface area contributed by atoms with Crippen molar-refractivity contribution < 1.29 is 4.74 Å². The Bertz CT molecular complexity index is 536. The molecule has 0 saturated carbocycles. The molecule has 1 unspecified atom stereocenters. The molecule has 0 fully saturated rings. The van der Waals surface area contributed by atoms with E-state index >= 15 is 0 Å². The SMILES string of the molecule is CCNC(c1ccccc1OCC)c1ccnn1CC. The molecular weight excluding hydrogens is 250 g/mol. The van der Waals surface area contributed by atoms with Crippen LogP contribution in [0.2, 0.25) is 0 Å². The molecule has 4 nitrogen and oxygen atoms in total. The van der Waals surface area contributed by atoms with Crippen LogP contribution < -0.4 is 10.1 Å². The van der Waals surface area contributed by atoms with E-state index in [1.165, 1.54) is 5.69 Å². The molecule has 0 aliphatic carbocycles. The van der Waals surface area contributed by atoms with Gasteiger partial charge in [-0.2, -0.15) is 5.10 Å². The average molecular weight is 273 g/mol. The maximum absolute atomic E-state index is 5.77. The first-order valence-electron chi connectivity index (χ1n) is 7.28. The number of nitrogens with zero attached hydrogens (tertiary/aromatic N) is 2. The van der Waals surface area contributed by atoms with Gasteiger partial charge in [0, 0.05) is 18.3 Å². The fraction of sp³-hybridized carbons (Fsp3) is 0.438. The first-order valence-corrected chi connectivity index (χ1v) is 7.28. The van der Waals surface area contributed by atoms with E-state index in [0.29, 0.717) is 6.61 Å². The van der Waals surface area contributed by atoms with Gasteiger partial charge in [0.2, 0.25) is 0 Å². The number of para-hydroxylation sites is 1. The zero-order valence-corrected chi connectivity index (χ0v) is 12.5. The van der Waals surface area contributed by atoms with E-state index in [0.717, 1.165) is 24.4 Å². The molecule has 1 atom stereocenters. The second-order valence-corrected chi connectivity index (χ2v) is 4.53. The third-order valence-electron chi connectivity index (χ3n) is 3.28. The summed E-state index contributed by atoms with van der Waals surface area (Å²) in [4.78, 5) is 0. The van der Waals surface area contributed by atoms with Crippen molar-refractivity contribution in [3.8, 4) is 5.75 Å². The highest BCUT2D eigenvalue weighted by Crippen LogP contribution is 2.29. The van der Waals surface area contributed by atoms with Crippen LogP contribution in [0.25, 0.3) is 0 Å². The Morgan fingerprint density at radius 3 is 2.70 bits per heavy atom. The highest BCUT2D eigenvalue weighted by atomic mass is 16.5. The Balaban J connectivity index is 2.43. The molecule has 0 spiro atoms. The zero-order valence-electron chi connectivity index (χ0n) is 12.5. The standard InChI is InChI=1S/C16H23N3O/c1-4-17-16(14-11-12-18-19(14)5-2)13-9-7-8-10-15(13)20-6-3/h7-12,16-17H,4-6H2,1-3H3. The van der Waals surface area contributed by atoms with Crippen molar-refractivity contribution >= 4 is 0 Å². The molecule has 2 rings (SSSR count). The van der Waals surface area contributed by atoms with Gasteiger partial charge in [-0.1, -0.05) is 25.1 Å². The zero-order chi connectivity index (χ0) is 14.4. The molecule has 4 heteroatoms. The molecule has 0 radical (unpaired) electrons. The lowest BCUT2D eigenvalue weighted by molar-refractivity contribution is 0.333. The largest absolute Gasteiger partial charge is 0.494 e. The number of rotatable bonds is 7. The van der Waals surface area contributed by atoms with Crippen molar-refractivity contribution in [2.75, 3.05) is 13.2 Å². The Kier molecular flexibility index (Phi) is 5.18. The van der Waals surface area contributed by atoms with Crippen molar-refractivity contribution in [1.29, 1.82) is 0 Å². The summed E-state index contributed by atoms with van der Waals surface area (Å²) in [6.45, 7) is 8.65. The predicted molar refractivity (Wildman–Crippen MR) is 81.0 cm³/mol. The predicted octanol–water partition coefficient (Wildman–Crippen LogP) is 3.00. The van der Waals surface area contributed by atoms with E-state index in [-0.39, 0.29) is 6.04 Å². The van der Waals surface area contributed by atoms with Gasteiger partial charge in [-0.15, -0.1) is 0 Å². The van der Waals surface area contributed by atoms with Crippen molar-refractivity contribution in [2.45, 2.75) is 33.4 Å². The summed E-state index contributed by atoms with van der Waals surface area (Å²) in [6, 6.07) is 10.4. The monoisotopic (exact) mass is 273 g/mol. The molecule has 20 heavy (non-hydrogen) atoms. The van der Waals surface area contributed by atoms with Crippen LogP contribution in [0.3, 0.4) is 0 Å². The molecular formula is C16H23N3O. The van der Waals surface area contributed by atoms with E-state index in [1.54, 1.807) is 0 Å². The van der Waals surface area contributed by atoms with Crippen LogP contribution in [0.4, 0.5) is 0 Å². The van der Waals surface area contributed by atoms with E-state index in [2.05, 4.69) is 42.5 Å². The minimum absolute atomic E-state index is 0.102. The number of nitrogens with one attached hydrogen (secondary N) is 1. The number of aromatic nitrogens is 2. The Morgan fingerprint density at radius 1 is 1.20 bits per heavy atom. The molecule has 2 aromatic rings. The molecule has 1 N–H and O–H groups in total. The summed E-state index contributed by atoms with van der Waals surface area (Å²) in [5.41, 5.74) is 2.33. The Labute approximate surface area is 120 Å². The third-order valence-corrected chi connectivity index (χ3v) is 3.28. The highest BCUT2D eigenvalue weighted by molar-refractivity contribution is 5.40. The van der Waals surface area contributed by atoms with Crippen LogP contribution in [0, 0.1) is 0 Å². The molecule has 108 valence electrons. The van der Waals surface area contributed by atoms with E-state index in [1.807, 2.05) is 29.9 Å². The quantitative estimate of drug-likeness (QED) is 0.843. The van der Waals surface area contributed by atoms with Crippen LogP contribution in [-0.4, -0.2) is 22.9 Å². The van der Waals surface area contributed by atoms with Gasteiger partial charge in [-0.3, -0.25) is 4.68 Å². The maximum atomic E-state index is 5.77. The fourth-order valence-electron chi connectivity index (χ4n) is 2.44. The molecule has 1 aromatic heterocycles. The number of hydrogen-bond donors (Lipinski definition) is 1. The molecule has 0 amide bonds. The fourth-order valence-corrected chi connectivity index (χ4v) is 2.44. The van der Waals surface area contributed by atoms with Gasteiger partial charge in [0.15, 0.2) is 0 Å². The first-order chi connectivity index (χ1) is 9.81. The smallest absolute Gasteiger partial charge is 0.124 e. The average Bonchev–Trinajstić information content (AvgIpc) is 2.94. The summed E-state index contributed by atoms with van der Waals surface area (Å²) < 4.78 is 7.79. The Morgan fingerprint density at radius 2 is 2.00 bits per heavy atom. The highest BCUT2D eigenvalue weighted by Gasteiger charge is 2.20. The molecule has 0 saturated heterocycles. The number of aryl methyl sites for hydroxylation is 1. The van der Waals surface area contributed by atoms with Gasteiger partial charge in [0.1, 0.15) is 5.75 Å². The number of benzene rings is 1. The van der Waals surface area contributed by atoms with Gasteiger partial charge in [0.25, 0.3) is 0 Å². The lowest BCUT2D eigenvalue weighted by atomic mass is 10.0. The van der Waals surface area contributed by atoms with Crippen molar-refractivity contribution in [1.82, 2.24) is 15.1 Å². The number of ether oxygens (including phenoxy) is 1. The summed E-state index contributed by atoms with van der Waals surface area (Å²) in [5, 5.41) is 7.91. The molecule has 1 heterocycles. The van der Waals surface area contributed by atoms with Crippen molar-refractivity contribution in [2.24, 2.45) is 0 Å². The summed E-state index contributed by atoms with van der Waals surface area (Å²) in [6.07, 6.45) is 1.85. The Hall–Kier alpha value is -1.81. The van der Waals surface area contributed by atoms with Gasteiger partial charge in [-0.05, 0) is 32.5 Å².